The second kappa shape index (κ2) is 3.92. The molecule has 1 aromatic heterocycles. The van der Waals surface area contributed by atoms with Crippen molar-refractivity contribution in [3.8, 4) is 5.06 Å². The van der Waals surface area contributed by atoms with Gasteiger partial charge in [0.15, 0.2) is 5.06 Å². The molecule has 0 aliphatic heterocycles. The van der Waals surface area contributed by atoms with Crippen LogP contribution in [0.3, 0.4) is 0 Å². The van der Waals surface area contributed by atoms with Crippen molar-refractivity contribution in [1.29, 1.82) is 0 Å². The number of carboxylic acid groups (broad SMARTS) is 1. The summed E-state index contributed by atoms with van der Waals surface area (Å²) in [6.45, 7) is 3.88. The molecule has 1 aromatic rings. The van der Waals surface area contributed by atoms with Gasteiger partial charge in [-0.3, -0.25) is 0 Å². The molecule has 0 aliphatic rings. The highest BCUT2D eigenvalue weighted by molar-refractivity contribution is 7.15. The molecule has 0 bridgehead atoms. The van der Waals surface area contributed by atoms with Crippen molar-refractivity contribution in [3.05, 3.63) is 29.7 Å². The van der Waals surface area contributed by atoms with Gasteiger partial charge < -0.3 is 9.84 Å². The van der Waals surface area contributed by atoms with Crippen LogP contribution in [-0.4, -0.2) is 17.7 Å². The quantitative estimate of drug-likeness (QED) is 0.728. The van der Waals surface area contributed by atoms with Crippen LogP contribution in [0.4, 0.5) is 0 Å². The lowest BCUT2D eigenvalue weighted by Crippen LogP contribution is -1.90. The predicted molar refractivity (Wildman–Crippen MR) is 47.0 cm³/mol. The Morgan fingerprint density at radius 3 is 3.00 bits per heavy atom. The van der Waals surface area contributed by atoms with Gasteiger partial charge in [-0.05, 0) is 12.1 Å². The number of aromatic carboxylic acids is 1. The summed E-state index contributed by atoms with van der Waals surface area (Å²) >= 11 is 1.11. The minimum absolute atomic E-state index is 0.286. The fourth-order valence-corrected chi connectivity index (χ4v) is 1.36. The molecule has 0 aliphatic carbocycles. The van der Waals surface area contributed by atoms with E-state index in [0.29, 0.717) is 11.7 Å². The van der Waals surface area contributed by atoms with Crippen LogP contribution in [-0.2, 0) is 0 Å². The average Bonchev–Trinajstić information content (AvgIpc) is 2.48. The predicted octanol–water partition coefficient (Wildman–Crippen LogP) is 2.01. The summed E-state index contributed by atoms with van der Waals surface area (Å²) in [5, 5.41) is 9.16. The topological polar surface area (TPSA) is 46.5 Å². The van der Waals surface area contributed by atoms with Crippen LogP contribution in [0.25, 0.3) is 0 Å². The first-order chi connectivity index (χ1) is 5.74. The fraction of sp³-hybridized carbons (Fsp3) is 0.125. The summed E-state index contributed by atoms with van der Waals surface area (Å²) in [7, 11) is 0. The van der Waals surface area contributed by atoms with Crippen LogP contribution in [0.1, 0.15) is 9.67 Å². The van der Waals surface area contributed by atoms with Crippen molar-refractivity contribution in [1.82, 2.24) is 0 Å². The van der Waals surface area contributed by atoms with E-state index in [9.17, 15) is 4.79 Å². The normalized spacial score (nSPS) is 9.33. The second-order valence-electron chi connectivity index (χ2n) is 2.02. The molecule has 0 spiro atoms. The van der Waals surface area contributed by atoms with Gasteiger partial charge in [0.25, 0.3) is 0 Å². The van der Waals surface area contributed by atoms with Gasteiger partial charge in [0.05, 0.1) is 0 Å². The minimum atomic E-state index is -0.923. The van der Waals surface area contributed by atoms with Crippen molar-refractivity contribution >= 4 is 17.3 Å². The Kier molecular flexibility index (Phi) is 2.88. The lowest BCUT2D eigenvalue weighted by Gasteiger charge is -1.95. The van der Waals surface area contributed by atoms with Crippen molar-refractivity contribution in [2.75, 3.05) is 6.61 Å². The standard InChI is InChI=1S/C8H8O3S/c1-2-5-11-7-4-3-6(12-7)8(9)10/h2-4H,1,5H2,(H,9,10). The second-order valence-corrected chi connectivity index (χ2v) is 3.07. The number of carboxylic acids is 1. The van der Waals surface area contributed by atoms with E-state index in [1.165, 1.54) is 6.07 Å². The molecule has 0 saturated carbocycles. The molecule has 12 heavy (non-hydrogen) atoms. The zero-order valence-corrected chi connectivity index (χ0v) is 7.13. The van der Waals surface area contributed by atoms with Crippen LogP contribution < -0.4 is 4.74 Å². The first kappa shape index (κ1) is 8.80. The Morgan fingerprint density at radius 1 is 1.75 bits per heavy atom. The Hall–Kier alpha value is -1.29. The summed E-state index contributed by atoms with van der Waals surface area (Å²) in [5.74, 6) is -0.923. The molecule has 0 radical (unpaired) electrons. The zero-order chi connectivity index (χ0) is 8.97. The molecule has 0 fully saturated rings. The van der Waals surface area contributed by atoms with Gasteiger partial charge >= 0.3 is 5.97 Å². The molecule has 0 atom stereocenters. The average molecular weight is 184 g/mol. The molecular weight excluding hydrogens is 176 g/mol. The maximum Gasteiger partial charge on any atom is 0.345 e. The number of carbonyl (C=O) groups is 1. The van der Waals surface area contributed by atoms with E-state index in [-0.39, 0.29) is 4.88 Å². The van der Waals surface area contributed by atoms with E-state index in [1.54, 1.807) is 12.1 Å². The highest BCUT2D eigenvalue weighted by atomic mass is 32.1. The van der Waals surface area contributed by atoms with Gasteiger partial charge in [-0.1, -0.05) is 24.0 Å². The molecule has 0 aromatic carbocycles. The zero-order valence-electron chi connectivity index (χ0n) is 6.32. The number of thiophene rings is 1. The van der Waals surface area contributed by atoms with Crippen molar-refractivity contribution in [3.63, 3.8) is 0 Å². The maximum atomic E-state index is 10.4. The molecule has 0 saturated heterocycles. The Bertz CT molecular complexity index is 290. The summed E-state index contributed by atoms with van der Waals surface area (Å²) in [6.07, 6.45) is 1.61. The molecule has 4 heteroatoms. The van der Waals surface area contributed by atoms with E-state index < -0.39 is 5.97 Å². The molecule has 64 valence electrons. The molecule has 0 unspecified atom stereocenters. The summed E-state index contributed by atoms with van der Waals surface area (Å²) in [6, 6.07) is 3.16. The number of rotatable bonds is 4. The summed E-state index contributed by atoms with van der Waals surface area (Å²) < 4.78 is 5.12. The Balaban J connectivity index is 2.64. The maximum absolute atomic E-state index is 10.4. The lowest BCUT2D eigenvalue weighted by atomic mass is 10.5. The Morgan fingerprint density at radius 2 is 2.50 bits per heavy atom. The SMILES string of the molecule is C=CCOc1ccc(C(=O)O)s1. The molecule has 1 heterocycles. The van der Waals surface area contributed by atoms with Gasteiger partial charge in [0.1, 0.15) is 11.5 Å². The number of hydrogen-bond acceptors (Lipinski definition) is 3. The van der Waals surface area contributed by atoms with Gasteiger partial charge in [-0.15, -0.1) is 0 Å². The van der Waals surface area contributed by atoms with Gasteiger partial charge in [0, 0.05) is 0 Å². The van der Waals surface area contributed by atoms with Crippen LogP contribution in [0.15, 0.2) is 24.8 Å². The van der Waals surface area contributed by atoms with Gasteiger partial charge in [-0.25, -0.2) is 4.79 Å². The van der Waals surface area contributed by atoms with E-state index >= 15 is 0 Å². The van der Waals surface area contributed by atoms with Crippen LogP contribution in [0.5, 0.6) is 5.06 Å². The van der Waals surface area contributed by atoms with E-state index in [2.05, 4.69) is 6.58 Å². The molecule has 1 N–H and O–H groups in total. The molecule has 3 nitrogen and oxygen atoms in total. The first-order valence-electron chi connectivity index (χ1n) is 3.31. The van der Waals surface area contributed by atoms with Crippen LogP contribution in [0.2, 0.25) is 0 Å². The van der Waals surface area contributed by atoms with E-state index in [0.717, 1.165) is 11.3 Å². The molecular formula is C8H8O3S. The third kappa shape index (κ3) is 2.10. The van der Waals surface area contributed by atoms with Gasteiger partial charge in [-0.2, -0.15) is 0 Å². The third-order valence-electron chi connectivity index (χ3n) is 1.14. The van der Waals surface area contributed by atoms with Crippen molar-refractivity contribution in [2.45, 2.75) is 0 Å². The van der Waals surface area contributed by atoms with Crippen molar-refractivity contribution in [2.24, 2.45) is 0 Å². The minimum Gasteiger partial charge on any atom is -0.480 e. The largest absolute Gasteiger partial charge is 0.480 e. The molecule has 0 amide bonds. The first-order valence-corrected chi connectivity index (χ1v) is 4.12. The molecule has 1 rings (SSSR count). The number of ether oxygens (including phenoxy) is 1. The highest BCUT2D eigenvalue weighted by Crippen LogP contribution is 2.23. The fourth-order valence-electron chi connectivity index (χ4n) is 0.654. The summed E-state index contributed by atoms with van der Waals surface area (Å²) in [5.41, 5.74) is 0. The van der Waals surface area contributed by atoms with Crippen molar-refractivity contribution < 1.29 is 14.6 Å². The summed E-state index contributed by atoms with van der Waals surface area (Å²) in [4.78, 5) is 10.7. The van der Waals surface area contributed by atoms with Gasteiger partial charge in [0.2, 0.25) is 0 Å². The van der Waals surface area contributed by atoms with E-state index in [4.69, 9.17) is 9.84 Å². The smallest absolute Gasteiger partial charge is 0.345 e. The van der Waals surface area contributed by atoms with Crippen LogP contribution >= 0.6 is 11.3 Å². The van der Waals surface area contributed by atoms with Crippen LogP contribution in [0, 0.1) is 0 Å². The lowest BCUT2D eigenvalue weighted by molar-refractivity contribution is 0.0702. The monoisotopic (exact) mass is 184 g/mol. The number of hydrogen-bond donors (Lipinski definition) is 1. The van der Waals surface area contributed by atoms with E-state index in [1.807, 2.05) is 0 Å². The Labute approximate surface area is 73.9 Å². The third-order valence-corrected chi connectivity index (χ3v) is 2.12. The highest BCUT2D eigenvalue weighted by Gasteiger charge is 2.06.